The van der Waals surface area contributed by atoms with Crippen LogP contribution in [0.4, 0.5) is 0 Å². The van der Waals surface area contributed by atoms with Crippen molar-refractivity contribution in [2.75, 3.05) is 13.2 Å². The lowest BCUT2D eigenvalue weighted by Crippen LogP contribution is -2.30. The Hall–Kier alpha value is -5.23. The van der Waals surface area contributed by atoms with Crippen LogP contribution < -0.4 is 0 Å². The maximum atomic E-state index is 12.9. The molecule has 80 heavy (non-hydrogen) atoms. The maximum absolute atomic E-state index is 12.9. The van der Waals surface area contributed by atoms with Gasteiger partial charge in [0, 0.05) is 19.3 Å². The molecule has 448 valence electrons. The summed E-state index contributed by atoms with van der Waals surface area (Å²) in [7, 11) is 0. The summed E-state index contributed by atoms with van der Waals surface area (Å²) in [5.74, 6) is -0.967. The first kappa shape index (κ1) is 74.8. The number of ether oxygens (including phenoxy) is 3. The van der Waals surface area contributed by atoms with Gasteiger partial charge in [-0.05, 0) is 135 Å². The number of hydrogen-bond acceptors (Lipinski definition) is 6. The molecule has 0 fully saturated rings. The molecule has 0 amide bonds. The monoisotopic (exact) mass is 1100 g/mol. The van der Waals surface area contributed by atoms with Gasteiger partial charge in [-0.25, -0.2) is 0 Å². The molecule has 0 saturated heterocycles. The van der Waals surface area contributed by atoms with Crippen molar-refractivity contribution >= 4 is 17.9 Å². The van der Waals surface area contributed by atoms with Gasteiger partial charge in [0.05, 0.1) is 0 Å². The van der Waals surface area contributed by atoms with Gasteiger partial charge in [0.15, 0.2) is 6.10 Å². The summed E-state index contributed by atoms with van der Waals surface area (Å²) < 4.78 is 16.8. The molecule has 0 N–H and O–H groups in total. The van der Waals surface area contributed by atoms with Crippen molar-refractivity contribution in [3.8, 4) is 0 Å². The van der Waals surface area contributed by atoms with E-state index in [-0.39, 0.29) is 37.5 Å². The Labute approximate surface area is 492 Å². The van der Waals surface area contributed by atoms with Crippen LogP contribution in [0.5, 0.6) is 0 Å². The van der Waals surface area contributed by atoms with Crippen LogP contribution in [0.25, 0.3) is 0 Å². The van der Waals surface area contributed by atoms with Crippen LogP contribution >= 0.6 is 0 Å². The van der Waals surface area contributed by atoms with Gasteiger partial charge in [0.25, 0.3) is 0 Å². The zero-order valence-corrected chi connectivity index (χ0v) is 51.3. The average Bonchev–Trinajstić information content (AvgIpc) is 3.46. The molecule has 0 saturated carbocycles. The quantitative estimate of drug-likeness (QED) is 0.0261. The van der Waals surface area contributed by atoms with Crippen LogP contribution in [0.1, 0.15) is 258 Å². The Balaban J connectivity index is 4.28. The number of allylic oxidation sites excluding steroid dienone is 28. The third kappa shape index (κ3) is 63.6. The summed E-state index contributed by atoms with van der Waals surface area (Å²) in [5, 5.41) is 0. The van der Waals surface area contributed by atoms with Crippen LogP contribution in [-0.4, -0.2) is 37.2 Å². The highest BCUT2D eigenvalue weighted by molar-refractivity contribution is 5.71. The van der Waals surface area contributed by atoms with E-state index >= 15 is 0 Å². The van der Waals surface area contributed by atoms with Crippen molar-refractivity contribution in [2.45, 2.75) is 264 Å². The molecule has 0 aromatic heterocycles. The lowest BCUT2D eigenvalue weighted by molar-refractivity contribution is -0.167. The molecule has 6 heteroatoms. The maximum Gasteiger partial charge on any atom is 0.306 e. The molecule has 0 aliphatic rings. The first-order valence-corrected chi connectivity index (χ1v) is 32.1. The topological polar surface area (TPSA) is 78.9 Å². The van der Waals surface area contributed by atoms with Gasteiger partial charge in [-0.3, -0.25) is 14.4 Å². The summed E-state index contributed by atoms with van der Waals surface area (Å²) in [4.78, 5) is 38.1. The molecule has 0 heterocycles. The minimum Gasteiger partial charge on any atom is -0.462 e. The lowest BCUT2D eigenvalue weighted by atomic mass is 10.1. The molecule has 0 spiro atoms. The van der Waals surface area contributed by atoms with Gasteiger partial charge >= 0.3 is 17.9 Å². The van der Waals surface area contributed by atoms with Crippen LogP contribution in [0.2, 0.25) is 0 Å². The van der Waals surface area contributed by atoms with Crippen LogP contribution in [0, 0.1) is 0 Å². The Morgan fingerprint density at radius 2 is 0.487 bits per heavy atom. The highest BCUT2D eigenvalue weighted by atomic mass is 16.6. The van der Waals surface area contributed by atoms with E-state index in [1.54, 1.807) is 0 Å². The fraction of sp³-hybridized carbons (Fsp3) is 0.581. The van der Waals surface area contributed by atoms with Crippen molar-refractivity contribution in [1.82, 2.24) is 0 Å². The number of hydrogen-bond donors (Lipinski definition) is 0. The fourth-order valence-corrected chi connectivity index (χ4v) is 8.23. The van der Waals surface area contributed by atoms with E-state index in [0.717, 1.165) is 148 Å². The summed E-state index contributed by atoms with van der Waals surface area (Å²) in [5.41, 5.74) is 0. The second kappa shape index (κ2) is 66.3. The van der Waals surface area contributed by atoms with E-state index in [9.17, 15) is 14.4 Å². The zero-order valence-electron chi connectivity index (χ0n) is 51.3. The Kier molecular flexibility index (Phi) is 61.9. The molecule has 0 bridgehead atoms. The van der Waals surface area contributed by atoms with Gasteiger partial charge in [-0.2, -0.15) is 0 Å². The van der Waals surface area contributed by atoms with Gasteiger partial charge < -0.3 is 14.2 Å². The summed E-state index contributed by atoms with van der Waals surface area (Å²) in [6, 6.07) is 0. The van der Waals surface area contributed by atoms with E-state index in [2.05, 4.69) is 191 Å². The summed E-state index contributed by atoms with van der Waals surface area (Å²) in [6.45, 7) is 6.33. The minimum absolute atomic E-state index is 0.104. The fourth-order valence-electron chi connectivity index (χ4n) is 8.23. The first-order chi connectivity index (χ1) is 39.5. The smallest absolute Gasteiger partial charge is 0.306 e. The van der Waals surface area contributed by atoms with E-state index in [1.807, 2.05) is 0 Å². The first-order valence-electron chi connectivity index (χ1n) is 32.1. The van der Waals surface area contributed by atoms with Crippen molar-refractivity contribution in [1.29, 1.82) is 0 Å². The minimum atomic E-state index is -0.811. The second-order valence-electron chi connectivity index (χ2n) is 20.6. The van der Waals surface area contributed by atoms with Gasteiger partial charge in [-0.1, -0.05) is 274 Å². The highest BCUT2D eigenvalue weighted by Gasteiger charge is 2.19. The Bertz CT molecular complexity index is 1840. The van der Waals surface area contributed by atoms with Gasteiger partial charge in [0.1, 0.15) is 13.2 Å². The standard InChI is InChI=1S/C74H116O6/c1-4-7-10-13-16-19-21-23-25-27-29-31-32-33-34-35-36-37-38-39-40-41-42-44-45-47-49-51-53-55-58-61-64-67-73(76)79-70-71(69-78-72(75)66-63-60-57-18-15-12-9-6-3)80-74(77)68-65-62-59-56-54-52-50-48-46-43-30-28-26-24-22-20-17-14-11-8-5-2/h7-8,10-11,16-17,19-20,23-26,29-31,33-34,36-37,39-40,42-44,48,50,54,56,71H,4-6,9,12-15,18,21-22,27-28,32,35,38,41,45-47,49,51-53,55,57-70H2,1-3H3/b10-7-,11-8-,19-16-,20-17-,25-23-,26-24-,31-29-,34-33-,37-36-,40-39-,43-30-,44-42-,50-48-,56-54-. The van der Waals surface area contributed by atoms with Crippen LogP contribution in [0.15, 0.2) is 170 Å². The van der Waals surface area contributed by atoms with Crippen molar-refractivity contribution in [2.24, 2.45) is 0 Å². The number of carbonyl (C=O) groups excluding carboxylic acids is 3. The molecule has 0 aromatic rings. The third-order valence-corrected chi connectivity index (χ3v) is 13.0. The number of rotatable bonds is 56. The molecule has 1 unspecified atom stereocenters. The largest absolute Gasteiger partial charge is 0.462 e. The molecule has 0 radical (unpaired) electrons. The lowest BCUT2D eigenvalue weighted by Gasteiger charge is -2.18. The number of esters is 3. The second-order valence-corrected chi connectivity index (χ2v) is 20.6. The van der Waals surface area contributed by atoms with E-state index < -0.39 is 6.10 Å². The van der Waals surface area contributed by atoms with E-state index in [0.29, 0.717) is 19.3 Å². The molecule has 0 aliphatic heterocycles. The zero-order chi connectivity index (χ0) is 57.8. The van der Waals surface area contributed by atoms with Gasteiger partial charge in [-0.15, -0.1) is 0 Å². The van der Waals surface area contributed by atoms with Crippen LogP contribution in [-0.2, 0) is 28.6 Å². The summed E-state index contributed by atoms with van der Waals surface area (Å²) >= 11 is 0. The Morgan fingerprint density at radius 1 is 0.263 bits per heavy atom. The molecule has 0 rings (SSSR count). The van der Waals surface area contributed by atoms with Gasteiger partial charge in [0.2, 0.25) is 0 Å². The number of unbranched alkanes of at least 4 members (excludes halogenated alkanes) is 17. The normalized spacial score (nSPS) is 13.3. The molecule has 0 aromatic carbocycles. The Morgan fingerprint density at radius 3 is 0.787 bits per heavy atom. The SMILES string of the molecule is CC/C=C\C/C=C\C/C=C\C/C=C\C/C=C\C/C=C\C/C=C\C/C=C\CCCCCCCCCCC(=O)OCC(COC(=O)CCCCCCCCCC)OC(=O)CCCC/C=C\C/C=C\C/C=C\C/C=C\C/C=C\C/C=C\CC. The molecular weight excluding hydrogens is 985 g/mol. The third-order valence-electron chi connectivity index (χ3n) is 13.0. The van der Waals surface area contributed by atoms with Crippen molar-refractivity contribution < 1.29 is 28.6 Å². The predicted molar refractivity (Wildman–Crippen MR) is 348 cm³/mol. The number of carbonyl (C=O) groups is 3. The van der Waals surface area contributed by atoms with Crippen molar-refractivity contribution in [3.63, 3.8) is 0 Å². The van der Waals surface area contributed by atoms with E-state index in [4.69, 9.17) is 14.2 Å². The molecule has 6 nitrogen and oxygen atoms in total. The van der Waals surface area contributed by atoms with Crippen LogP contribution in [0.3, 0.4) is 0 Å². The van der Waals surface area contributed by atoms with Crippen molar-refractivity contribution in [3.05, 3.63) is 170 Å². The predicted octanol–water partition coefficient (Wildman–Crippen LogP) is 22.3. The highest BCUT2D eigenvalue weighted by Crippen LogP contribution is 2.14. The molecule has 0 aliphatic carbocycles. The molecular formula is C74H116O6. The average molecular weight is 1100 g/mol. The summed E-state index contributed by atoms with van der Waals surface area (Å²) in [6.07, 6.45) is 98.1. The van der Waals surface area contributed by atoms with E-state index in [1.165, 1.54) is 64.2 Å². The molecule has 1 atom stereocenters.